The lowest BCUT2D eigenvalue weighted by atomic mass is 9.90. The van der Waals surface area contributed by atoms with Crippen molar-refractivity contribution in [2.24, 2.45) is 5.92 Å². The first-order chi connectivity index (χ1) is 15.5. The molecular weight excluding hydrogens is 444 g/mol. The van der Waals surface area contributed by atoms with Gasteiger partial charge >= 0.3 is 0 Å². The summed E-state index contributed by atoms with van der Waals surface area (Å²) in [6.45, 7) is 2.28. The van der Waals surface area contributed by atoms with Gasteiger partial charge in [-0.3, -0.25) is 9.59 Å². The van der Waals surface area contributed by atoms with Crippen LogP contribution in [0.3, 0.4) is 0 Å². The number of thioether (sulfide) groups is 1. The average molecular weight is 469 g/mol. The highest BCUT2D eigenvalue weighted by molar-refractivity contribution is 7.99. The fourth-order valence-corrected chi connectivity index (χ4v) is 5.47. The number of amides is 2. The summed E-state index contributed by atoms with van der Waals surface area (Å²) in [7, 11) is 0. The Balaban J connectivity index is 1.19. The van der Waals surface area contributed by atoms with E-state index in [1.54, 1.807) is 35.6 Å². The Bertz CT molecular complexity index is 1150. The zero-order valence-electron chi connectivity index (χ0n) is 17.7. The standard InChI is InChI=1S/C23H24N4O3S2/c1-13-6-9-18-14(10-13)11-19(32-18)22-26-27-23(30-22)31-12-20(28)25-17-5-3-2-4-16(17)21(29)24-15-7-8-15/h2-5,11,13,15H,6-10,12H2,1H3,(H,24,29)(H,25,28)/t13-/m1/s1. The Hall–Kier alpha value is -2.65. The smallest absolute Gasteiger partial charge is 0.277 e. The van der Waals surface area contributed by atoms with Crippen LogP contribution in [0.2, 0.25) is 0 Å². The Morgan fingerprint density at radius 2 is 2.06 bits per heavy atom. The molecule has 32 heavy (non-hydrogen) atoms. The topological polar surface area (TPSA) is 97.1 Å². The summed E-state index contributed by atoms with van der Waals surface area (Å²) in [4.78, 5) is 27.3. The molecule has 0 bridgehead atoms. The van der Waals surface area contributed by atoms with Crippen LogP contribution in [-0.4, -0.2) is 33.8 Å². The number of anilines is 1. The maximum absolute atomic E-state index is 12.5. The van der Waals surface area contributed by atoms with Gasteiger partial charge in [-0.05, 0) is 61.8 Å². The fourth-order valence-electron chi connectivity index (χ4n) is 3.77. The SMILES string of the molecule is C[C@@H]1CCc2sc(-c3nnc(SCC(=O)Nc4ccccc4C(=O)NC4CC4)o3)cc2C1. The third-order valence-electron chi connectivity index (χ3n) is 5.63. The summed E-state index contributed by atoms with van der Waals surface area (Å²) in [5.74, 6) is 0.926. The molecule has 3 aromatic rings. The molecule has 1 fully saturated rings. The minimum absolute atomic E-state index is 0.110. The number of benzene rings is 1. The number of hydrogen-bond donors (Lipinski definition) is 2. The molecule has 1 aromatic carbocycles. The highest BCUT2D eigenvalue weighted by Gasteiger charge is 2.25. The number of carbonyl (C=O) groups is 2. The summed E-state index contributed by atoms with van der Waals surface area (Å²) in [6.07, 6.45) is 5.45. The van der Waals surface area contributed by atoms with E-state index >= 15 is 0 Å². The van der Waals surface area contributed by atoms with Crippen molar-refractivity contribution in [1.82, 2.24) is 15.5 Å². The molecule has 0 radical (unpaired) electrons. The fraction of sp³-hybridized carbons (Fsp3) is 0.391. The number of nitrogens with one attached hydrogen (secondary N) is 2. The van der Waals surface area contributed by atoms with Gasteiger partial charge in [-0.1, -0.05) is 30.8 Å². The molecule has 2 aliphatic rings. The molecule has 0 unspecified atom stereocenters. The summed E-state index contributed by atoms with van der Waals surface area (Å²) in [6, 6.07) is 9.44. The van der Waals surface area contributed by atoms with Gasteiger partial charge in [0.15, 0.2) is 0 Å². The van der Waals surface area contributed by atoms with E-state index in [9.17, 15) is 9.59 Å². The molecule has 2 amide bonds. The monoisotopic (exact) mass is 468 g/mol. The van der Waals surface area contributed by atoms with Gasteiger partial charge < -0.3 is 15.1 Å². The molecule has 166 valence electrons. The maximum Gasteiger partial charge on any atom is 0.277 e. The first-order valence-corrected chi connectivity index (χ1v) is 12.6. The van der Waals surface area contributed by atoms with E-state index in [-0.39, 0.29) is 23.6 Å². The average Bonchev–Trinajstić information content (AvgIpc) is 3.30. The predicted molar refractivity (Wildman–Crippen MR) is 125 cm³/mol. The van der Waals surface area contributed by atoms with Crippen molar-refractivity contribution >= 4 is 40.6 Å². The molecule has 1 atom stereocenters. The van der Waals surface area contributed by atoms with E-state index < -0.39 is 0 Å². The Morgan fingerprint density at radius 3 is 2.91 bits per heavy atom. The third-order valence-corrected chi connectivity index (χ3v) is 7.68. The normalized spacial score (nSPS) is 17.6. The van der Waals surface area contributed by atoms with Gasteiger partial charge in [0.25, 0.3) is 17.0 Å². The van der Waals surface area contributed by atoms with Crippen molar-refractivity contribution in [3.63, 3.8) is 0 Å². The highest BCUT2D eigenvalue weighted by atomic mass is 32.2. The van der Waals surface area contributed by atoms with E-state index in [2.05, 4.69) is 33.8 Å². The Kier molecular flexibility index (Phi) is 6.01. The molecule has 2 aromatic heterocycles. The van der Waals surface area contributed by atoms with Crippen LogP contribution in [0.15, 0.2) is 40.0 Å². The quantitative estimate of drug-likeness (QED) is 0.494. The molecule has 1 saturated carbocycles. The van der Waals surface area contributed by atoms with Crippen LogP contribution < -0.4 is 10.6 Å². The molecule has 7 nitrogen and oxygen atoms in total. The van der Waals surface area contributed by atoms with Crippen LogP contribution in [0, 0.1) is 5.92 Å². The van der Waals surface area contributed by atoms with E-state index in [0.717, 1.165) is 30.6 Å². The maximum atomic E-state index is 12.5. The van der Waals surface area contributed by atoms with Gasteiger partial charge in [0.2, 0.25) is 5.91 Å². The van der Waals surface area contributed by atoms with Crippen molar-refractivity contribution in [2.75, 3.05) is 11.1 Å². The van der Waals surface area contributed by atoms with Gasteiger partial charge in [0, 0.05) is 10.9 Å². The number of aryl methyl sites for hydroxylation is 1. The minimum Gasteiger partial charge on any atom is -0.410 e. The first kappa shape index (κ1) is 21.2. The molecule has 2 heterocycles. The van der Waals surface area contributed by atoms with Gasteiger partial charge in [-0.15, -0.1) is 21.5 Å². The zero-order valence-corrected chi connectivity index (χ0v) is 19.4. The van der Waals surface area contributed by atoms with E-state index in [0.29, 0.717) is 28.3 Å². The Labute approximate surface area is 194 Å². The van der Waals surface area contributed by atoms with Crippen molar-refractivity contribution in [1.29, 1.82) is 0 Å². The number of thiophene rings is 1. The van der Waals surface area contributed by atoms with E-state index in [1.165, 1.54) is 28.6 Å². The van der Waals surface area contributed by atoms with Crippen molar-refractivity contribution in [3.8, 4) is 10.8 Å². The zero-order chi connectivity index (χ0) is 22.1. The lowest BCUT2D eigenvalue weighted by molar-refractivity contribution is -0.113. The number of fused-ring (bicyclic) bond motifs is 1. The van der Waals surface area contributed by atoms with E-state index in [1.807, 2.05) is 0 Å². The lowest BCUT2D eigenvalue weighted by Gasteiger charge is -2.16. The summed E-state index contributed by atoms with van der Waals surface area (Å²) >= 11 is 2.91. The summed E-state index contributed by atoms with van der Waals surface area (Å²) in [5.41, 5.74) is 2.36. The van der Waals surface area contributed by atoms with Crippen LogP contribution in [0.5, 0.6) is 0 Å². The summed E-state index contributed by atoms with van der Waals surface area (Å²) < 4.78 is 5.79. The number of rotatable bonds is 7. The summed E-state index contributed by atoms with van der Waals surface area (Å²) in [5, 5.41) is 14.4. The molecule has 0 saturated heterocycles. The van der Waals surface area contributed by atoms with Gasteiger partial charge in [0.1, 0.15) is 0 Å². The van der Waals surface area contributed by atoms with E-state index in [4.69, 9.17) is 4.42 Å². The van der Waals surface area contributed by atoms with Crippen LogP contribution in [0.4, 0.5) is 5.69 Å². The number of aromatic nitrogens is 2. The minimum atomic E-state index is -0.234. The van der Waals surface area contributed by atoms with Gasteiger partial charge in [-0.2, -0.15) is 0 Å². The van der Waals surface area contributed by atoms with Crippen LogP contribution in [0.1, 0.15) is 47.0 Å². The molecule has 2 N–H and O–H groups in total. The van der Waals surface area contributed by atoms with Gasteiger partial charge in [-0.25, -0.2) is 0 Å². The second-order valence-corrected chi connectivity index (χ2v) is 10.5. The van der Waals surface area contributed by atoms with Crippen LogP contribution >= 0.6 is 23.1 Å². The number of hydrogen-bond acceptors (Lipinski definition) is 7. The second-order valence-electron chi connectivity index (χ2n) is 8.41. The van der Waals surface area contributed by atoms with Crippen molar-refractivity contribution in [3.05, 3.63) is 46.3 Å². The van der Waals surface area contributed by atoms with Crippen LogP contribution in [0.25, 0.3) is 10.8 Å². The molecule has 2 aliphatic carbocycles. The third kappa shape index (κ3) is 4.88. The van der Waals surface area contributed by atoms with Crippen LogP contribution in [-0.2, 0) is 17.6 Å². The largest absolute Gasteiger partial charge is 0.410 e. The number of para-hydroxylation sites is 1. The molecule has 5 rings (SSSR count). The number of nitrogens with zero attached hydrogens (tertiary/aromatic N) is 2. The first-order valence-electron chi connectivity index (χ1n) is 10.8. The molecule has 0 spiro atoms. The molecule has 9 heteroatoms. The Morgan fingerprint density at radius 1 is 1.22 bits per heavy atom. The highest BCUT2D eigenvalue weighted by Crippen LogP contribution is 2.37. The van der Waals surface area contributed by atoms with Crippen molar-refractivity contribution in [2.45, 2.75) is 50.3 Å². The lowest BCUT2D eigenvalue weighted by Crippen LogP contribution is -2.27. The molecule has 0 aliphatic heterocycles. The molecular formula is C23H24N4O3S2. The van der Waals surface area contributed by atoms with Gasteiger partial charge in [0.05, 0.1) is 21.9 Å². The second kappa shape index (κ2) is 9.07. The number of carbonyl (C=O) groups excluding carboxylic acids is 2. The van der Waals surface area contributed by atoms with Crippen molar-refractivity contribution < 1.29 is 14.0 Å². The predicted octanol–water partition coefficient (Wildman–Crippen LogP) is 4.55.